The standard InChI is InChI=1S/C58H38N4/c1-4-16-40(17-5-1)51-38-52(60-58(59-51)42-18-6-2-7-19-42)41-32-30-39(31-33-41)43-34-35-49-48-24-10-12-27-53(48)62(56(49)37-43)46-23-14-20-44(36-46)47-26-15-29-55-57(47)50-25-11-13-28-54(50)61(55)45-21-8-3-9-22-45/h1-38H. The second-order valence-corrected chi connectivity index (χ2v) is 15.8. The van der Waals surface area contributed by atoms with Crippen LogP contribution in [-0.4, -0.2) is 19.1 Å². The van der Waals surface area contributed by atoms with E-state index >= 15 is 0 Å². The van der Waals surface area contributed by atoms with Gasteiger partial charge < -0.3 is 9.13 Å². The third-order valence-electron chi connectivity index (χ3n) is 12.1. The summed E-state index contributed by atoms with van der Waals surface area (Å²) in [5.41, 5.74) is 16.6. The zero-order chi connectivity index (χ0) is 41.0. The lowest BCUT2D eigenvalue weighted by Crippen LogP contribution is -1.96. The molecule has 0 atom stereocenters. The van der Waals surface area contributed by atoms with Crippen LogP contribution in [0.1, 0.15) is 0 Å². The molecule has 0 saturated carbocycles. The van der Waals surface area contributed by atoms with E-state index in [4.69, 9.17) is 9.97 Å². The Labute approximate surface area is 359 Å². The van der Waals surface area contributed by atoms with E-state index in [1.165, 1.54) is 54.7 Å². The Morgan fingerprint density at radius 3 is 1.52 bits per heavy atom. The zero-order valence-corrected chi connectivity index (χ0v) is 33.7. The van der Waals surface area contributed by atoms with Crippen molar-refractivity contribution in [2.75, 3.05) is 0 Å². The molecule has 0 aliphatic rings. The molecule has 4 heteroatoms. The summed E-state index contributed by atoms with van der Waals surface area (Å²) >= 11 is 0. The summed E-state index contributed by atoms with van der Waals surface area (Å²) in [4.78, 5) is 10.1. The predicted octanol–water partition coefficient (Wildman–Crippen LogP) is 15.0. The number of fused-ring (bicyclic) bond motifs is 6. The smallest absolute Gasteiger partial charge is 0.160 e. The van der Waals surface area contributed by atoms with E-state index in [0.717, 1.165) is 50.6 Å². The maximum Gasteiger partial charge on any atom is 0.160 e. The van der Waals surface area contributed by atoms with Crippen molar-refractivity contribution in [1.29, 1.82) is 0 Å². The average Bonchev–Trinajstić information content (AvgIpc) is 3.87. The minimum atomic E-state index is 0.712. The lowest BCUT2D eigenvalue weighted by Gasteiger charge is -2.13. The fourth-order valence-electron chi connectivity index (χ4n) is 9.26. The summed E-state index contributed by atoms with van der Waals surface area (Å²) in [6, 6.07) is 82.2. The van der Waals surface area contributed by atoms with Gasteiger partial charge in [0.15, 0.2) is 5.82 Å². The second-order valence-electron chi connectivity index (χ2n) is 15.8. The van der Waals surface area contributed by atoms with E-state index in [1.807, 2.05) is 24.3 Å². The molecule has 4 nitrogen and oxygen atoms in total. The van der Waals surface area contributed by atoms with Crippen LogP contribution < -0.4 is 0 Å². The van der Waals surface area contributed by atoms with Gasteiger partial charge in [-0.15, -0.1) is 0 Å². The van der Waals surface area contributed by atoms with Crippen LogP contribution in [0, 0.1) is 0 Å². The number of nitrogens with zero attached hydrogens (tertiary/aromatic N) is 4. The van der Waals surface area contributed by atoms with Crippen molar-refractivity contribution in [3.63, 3.8) is 0 Å². The summed E-state index contributed by atoms with van der Waals surface area (Å²) in [6.07, 6.45) is 0. The maximum absolute atomic E-state index is 5.07. The van der Waals surface area contributed by atoms with Crippen LogP contribution in [0.25, 0.3) is 111 Å². The van der Waals surface area contributed by atoms with Crippen molar-refractivity contribution in [2.24, 2.45) is 0 Å². The summed E-state index contributed by atoms with van der Waals surface area (Å²) in [6.45, 7) is 0. The molecule has 9 aromatic carbocycles. The van der Waals surface area contributed by atoms with Gasteiger partial charge in [0.25, 0.3) is 0 Å². The first-order valence-electron chi connectivity index (χ1n) is 21.1. The lowest BCUT2D eigenvalue weighted by molar-refractivity contribution is 1.18. The third-order valence-corrected chi connectivity index (χ3v) is 12.1. The van der Waals surface area contributed by atoms with Crippen LogP contribution in [-0.2, 0) is 0 Å². The van der Waals surface area contributed by atoms with Crippen LogP contribution in [0.4, 0.5) is 0 Å². The quantitative estimate of drug-likeness (QED) is 0.161. The van der Waals surface area contributed by atoms with E-state index in [9.17, 15) is 0 Å². The molecule has 0 aliphatic carbocycles. The van der Waals surface area contributed by atoms with Crippen LogP contribution in [0.2, 0.25) is 0 Å². The van der Waals surface area contributed by atoms with Gasteiger partial charge in [-0.25, -0.2) is 9.97 Å². The van der Waals surface area contributed by atoms with Gasteiger partial charge in [-0.2, -0.15) is 0 Å². The Hall–Kier alpha value is -8.34. The van der Waals surface area contributed by atoms with Gasteiger partial charge in [-0.05, 0) is 76.9 Å². The summed E-state index contributed by atoms with van der Waals surface area (Å²) < 4.78 is 4.81. The highest BCUT2D eigenvalue weighted by Crippen LogP contribution is 2.41. The molecule has 290 valence electrons. The molecule has 0 N–H and O–H groups in total. The average molecular weight is 791 g/mol. The van der Waals surface area contributed by atoms with Gasteiger partial charge in [0.2, 0.25) is 0 Å². The highest BCUT2D eigenvalue weighted by molar-refractivity contribution is 6.16. The van der Waals surface area contributed by atoms with Crippen molar-refractivity contribution in [3.05, 3.63) is 231 Å². The van der Waals surface area contributed by atoms with Crippen molar-refractivity contribution in [1.82, 2.24) is 19.1 Å². The first kappa shape index (κ1) is 35.6. The molecule has 0 amide bonds. The molecule has 3 heterocycles. The molecule has 0 radical (unpaired) electrons. The van der Waals surface area contributed by atoms with Gasteiger partial charge in [0.1, 0.15) is 0 Å². The largest absolute Gasteiger partial charge is 0.309 e. The highest BCUT2D eigenvalue weighted by Gasteiger charge is 2.18. The van der Waals surface area contributed by atoms with E-state index in [1.54, 1.807) is 0 Å². The Morgan fingerprint density at radius 2 is 0.774 bits per heavy atom. The fraction of sp³-hybridized carbons (Fsp3) is 0. The fourth-order valence-corrected chi connectivity index (χ4v) is 9.26. The summed E-state index contributed by atoms with van der Waals surface area (Å²) in [5.74, 6) is 0.712. The molecule has 0 unspecified atom stereocenters. The Bertz CT molecular complexity index is 3550. The van der Waals surface area contributed by atoms with Crippen LogP contribution in [0.15, 0.2) is 231 Å². The zero-order valence-electron chi connectivity index (χ0n) is 33.7. The van der Waals surface area contributed by atoms with Gasteiger partial charge in [0.05, 0.1) is 33.5 Å². The second kappa shape index (κ2) is 14.7. The third kappa shape index (κ3) is 6.00. The highest BCUT2D eigenvalue weighted by atomic mass is 15.0. The number of rotatable bonds is 7. The van der Waals surface area contributed by atoms with Gasteiger partial charge in [0, 0.05) is 49.6 Å². The van der Waals surface area contributed by atoms with Gasteiger partial charge >= 0.3 is 0 Å². The summed E-state index contributed by atoms with van der Waals surface area (Å²) in [7, 11) is 0. The number of aromatic nitrogens is 4. The Kier molecular flexibility index (Phi) is 8.46. The van der Waals surface area contributed by atoms with E-state index in [2.05, 4.69) is 215 Å². The molecule has 62 heavy (non-hydrogen) atoms. The molecule has 12 aromatic rings. The van der Waals surface area contributed by atoms with Crippen molar-refractivity contribution >= 4 is 43.6 Å². The number of hydrogen-bond donors (Lipinski definition) is 0. The number of benzene rings is 9. The first-order valence-corrected chi connectivity index (χ1v) is 21.1. The van der Waals surface area contributed by atoms with Crippen molar-refractivity contribution in [3.8, 4) is 67.5 Å². The Balaban J connectivity index is 0.965. The molecule has 0 bridgehead atoms. The van der Waals surface area contributed by atoms with Crippen LogP contribution in [0.5, 0.6) is 0 Å². The molecule has 0 spiro atoms. The van der Waals surface area contributed by atoms with Crippen molar-refractivity contribution in [2.45, 2.75) is 0 Å². The van der Waals surface area contributed by atoms with Gasteiger partial charge in [-0.1, -0.05) is 176 Å². The molecule has 3 aromatic heterocycles. The van der Waals surface area contributed by atoms with Crippen LogP contribution >= 0.6 is 0 Å². The number of hydrogen-bond acceptors (Lipinski definition) is 2. The molecule has 12 rings (SSSR count). The molecular formula is C58H38N4. The topological polar surface area (TPSA) is 35.6 Å². The lowest BCUT2D eigenvalue weighted by atomic mass is 9.99. The summed E-state index contributed by atoms with van der Waals surface area (Å²) in [5, 5.41) is 4.96. The SMILES string of the molecule is c1ccc(-c2cc(-c3ccc(-c4ccc5c6ccccc6n(-c6cccc(-c7cccc8c7c7ccccc7n8-c7ccccc7)c6)c5c4)cc3)nc(-c3ccccc3)n2)cc1. The molecular weight excluding hydrogens is 753 g/mol. The van der Waals surface area contributed by atoms with E-state index in [-0.39, 0.29) is 0 Å². The maximum atomic E-state index is 5.07. The Morgan fingerprint density at radius 1 is 0.274 bits per heavy atom. The predicted molar refractivity (Wildman–Crippen MR) is 258 cm³/mol. The molecule has 0 fully saturated rings. The van der Waals surface area contributed by atoms with Crippen molar-refractivity contribution < 1.29 is 0 Å². The monoisotopic (exact) mass is 790 g/mol. The normalized spacial score (nSPS) is 11.5. The molecule has 0 aliphatic heterocycles. The molecule has 0 saturated heterocycles. The minimum absolute atomic E-state index is 0.712. The number of para-hydroxylation sites is 3. The minimum Gasteiger partial charge on any atom is -0.309 e. The van der Waals surface area contributed by atoms with E-state index in [0.29, 0.717) is 5.82 Å². The first-order chi connectivity index (χ1) is 30.7. The van der Waals surface area contributed by atoms with Crippen LogP contribution in [0.3, 0.4) is 0 Å². The van der Waals surface area contributed by atoms with Gasteiger partial charge in [-0.3, -0.25) is 0 Å². The van der Waals surface area contributed by atoms with E-state index < -0.39 is 0 Å².